The first kappa shape index (κ1) is 17.8. The number of ether oxygens (including phenoxy) is 1. The van der Waals surface area contributed by atoms with E-state index >= 15 is 0 Å². The summed E-state index contributed by atoms with van der Waals surface area (Å²) in [6.45, 7) is 4.23. The molecule has 1 saturated heterocycles. The van der Waals surface area contributed by atoms with E-state index in [1.54, 1.807) is 17.0 Å². The second-order valence-corrected chi connectivity index (χ2v) is 6.48. The van der Waals surface area contributed by atoms with Crippen molar-refractivity contribution in [3.05, 3.63) is 53.6 Å². The van der Waals surface area contributed by atoms with Gasteiger partial charge in [-0.2, -0.15) is 0 Å². The van der Waals surface area contributed by atoms with Crippen LogP contribution in [0.5, 0.6) is 11.5 Å². The number of amides is 2. The van der Waals surface area contributed by atoms with Crippen molar-refractivity contribution >= 4 is 17.5 Å². The number of rotatable bonds is 3. The zero-order valence-corrected chi connectivity index (χ0v) is 15.1. The number of para-hydroxylation sites is 1. The molecule has 0 aromatic heterocycles. The molecule has 0 radical (unpaired) electrons. The lowest BCUT2D eigenvalue weighted by atomic mass is 10.1. The second kappa shape index (κ2) is 7.07. The summed E-state index contributed by atoms with van der Waals surface area (Å²) in [6, 6.07) is 12.3. The molecule has 1 aliphatic heterocycles. The van der Waals surface area contributed by atoms with Gasteiger partial charge in [0.2, 0.25) is 5.91 Å². The maximum Gasteiger partial charge on any atom is 0.258 e. The Morgan fingerprint density at radius 3 is 2.65 bits per heavy atom. The standard InChI is InChI=1S/C20H22N2O4/c1-13-6-4-7-15(10-13)22-11-14(2)21(12-18(22)23)20(25)16-8-5-9-17(26-3)19(16)24/h4-10,14,24H,11-12H2,1-3H3. The number of methoxy groups -OCH3 is 1. The molecule has 0 bridgehead atoms. The minimum Gasteiger partial charge on any atom is -0.504 e. The third-order valence-electron chi connectivity index (χ3n) is 4.61. The van der Waals surface area contributed by atoms with Crippen molar-refractivity contribution in [3.63, 3.8) is 0 Å². The van der Waals surface area contributed by atoms with Crippen molar-refractivity contribution in [2.45, 2.75) is 19.9 Å². The molecule has 1 heterocycles. The molecule has 1 atom stereocenters. The number of anilines is 1. The molecule has 1 fully saturated rings. The molecule has 2 aromatic carbocycles. The third kappa shape index (κ3) is 3.22. The molecule has 1 unspecified atom stereocenters. The lowest BCUT2D eigenvalue weighted by Crippen LogP contribution is -2.57. The summed E-state index contributed by atoms with van der Waals surface area (Å²) in [5, 5.41) is 10.2. The number of phenolic OH excluding ortho intramolecular Hbond substituents is 1. The molecule has 136 valence electrons. The third-order valence-corrected chi connectivity index (χ3v) is 4.61. The van der Waals surface area contributed by atoms with E-state index in [1.165, 1.54) is 18.1 Å². The predicted molar refractivity (Wildman–Crippen MR) is 98.7 cm³/mol. The molecule has 0 aliphatic carbocycles. The molecule has 2 aromatic rings. The fourth-order valence-corrected chi connectivity index (χ4v) is 3.18. The molecule has 1 N–H and O–H groups in total. The second-order valence-electron chi connectivity index (χ2n) is 6.48. The van der Waals surface area contributed by atoms with Gasteiger partial charge in [-0.05, 0) is 43.7 Å². The van der Waals surface area contributed by atoms with Gasteiger partial charge in [-0.15, -0.1) is 0 Å². The molecule has 2 amide bonds. The highest BCUT2D eigenvalue weighted by Crippen LogP contribution is 2.31. The lowest BCUT2D eigenvalue weighted by Gasteiger charge is -2.39. The molecule has 6 nitrogen and oxygen atoms in total. The van der Waals surface area contributed by atoms with Gasteiger partial charge >= 0.3 is 0 Å². The monoisotopic (exact) mass is 354 g/mol. The smallest absolute Gasteiger partial charge is 0.258 e. The Kier molecular flexibility index (Phi) is 4.84. The number of hydrogen-bond acceptors (Lipinski definition) is 4. The van der Waals surface area contributed by atoms with Crippen LogP contribution in [0.25, 0.3) is 0 Å². The first-order valence-electron chi connectivity index (χ1n) is 8.46. The summed E-state index contributed by atoms with van der Waals surface area (Å²) in [5.74, 6) is -0.510. The van der Waals surface area contributed by atoms with Crippen LogP contribution < -0.4 is 9.64 Å². The Bertz CT molecular complexity index is 849. The SMILES string of the molecule is COc1cccc(C(=O)N2CC(=O)N(c3cccc(C)c3)CC2C)c1O. The molecule has 26 heavy (non-hydrogen) atoms. The number of hydrogen-bond donors (Lipinski definition) is 1. The normalized spacial score (nSPS) is 17.3. The highest BCUT2D eigenvalue weighted by atomic mass is 16.5. The van der Waals surface area contributed by atoms with Crippen LogP contribution in [0.4, 0.5) is 5.69 Å². The summed E-state index contributed by atoms with van der Waals surface area (Å²) >= 11 is 0. The summed E-state index contributed by atoms with van der Waals surface area (Å²) in [7, 11) is 1.43. The van der Waals surface area contributed by atoms with Crippen LogP contribution in [-0.4, -0.2) is 48.1 Å². The van der Waals surface area contributed by atoms with Crippen molar-refractivity contribution in [2.24, 2.45) is 0 Å². The van der Waals surface area contributed by atoms with Crippen LogP contribution in [-0.2, 0) is 4.79 Å². The molecule has 3 rings (SSSR count). The number of aromatic hydroxyl groups is 1. The molecular formula is C20H22N2O4. The van der Waals surface area contributed by atoms with E-state index in [0.717, 1.165) is 11.3 Å². The van der Waals surface area contributed by atoms with E-state index in [2.05, 4.69) is 0 Å². The van der Waals surface area contributed by atoms with Crippen molar-refractivity contribution in [1.82, 2.24) is 4.90 Å². The number of phenols is 1. The van der Waals surface area contributed by atoms with Gasteiger partial charge in [0.25, 0.3) is 5.91 Å². The quantitative estimate of drug-likeness (QED) is 0.920. The number of piperazine rings is 1. The number of nitrogens with zero attached hydrogens (tertiary/aromatic N) is 2. The van der Waals surface area contributed by atoms with Crippen molar-refractivity contribution < 1.29 is 19.4 Å². The van der Waals surface area contributed by atoms with Crippen LogP contribution >= 0.6 is 0 Å². The Hall–Kier alpha value is -3.02. The Labute approximate surface area is 152 Å². The number of benzene rings is 2. The van der Waals surface area contributed by atoms with Crippen LogP contribution in [0.3, 0.4) is 0 Å². The number of carbonyl (C=O) groups is 2. The first-order valence-corrected chi connectivity index (χ1v) is 8.46. The largest absolute Gasteiger partial charge is 0.504 e. The lowest BCUT2D eigenvalue weighted by molar-refractivity contribution is -0.121. The number of carbonyl (C=O) groups excluding carboxylic acids is 2. The van der Waals surface area contributed by atoms with Gasteiger partial charge in [0.15, 0.2) is 11.5 Å². The molecule has 6 heteroatoms. The summed E-state index contributed by atoms with van der Waals surface area (Å²) in [4.78, 5) is 28.7. The Balaban J connectivity index is 1.84. The minimum atomic E-state index is -0.383. The highest BCUT2D eigenvalue weighted by molar-refractivity contribution is 6.03. The van der Waals surface area contributed by atoms with Crippen LogP contribution in [0.15, 0.2) is 42.5 Å². The van der Waals surface area contributed by atoms with Gasteiger partial charge in [0.05, 0.1) is 12.7 Å². The fourth-order valence-electron chi connectivity index (χ4n) is 3.18. The Morgan fingerprint density at radius 1 is 1.23 bits per heavy atom. The average molecular weight is 354 g/mol. The van der Waals surface area contributed by atoms with Gasteiger partial charge in [-0.1, -0.05) is 18.2 Å². The van der Waals surface area contributed by atoms with E-state index in [9.17, 15) is 14.7 Å². The van der Waals surface area contributed by atoms with E-state index in [4.69, 9.17) is 4.74 Å². The molecule has 1 aliphatic rings. The topological polar surface area (TPSA) is 70.1 Å². The summed E-state index contributed by atoms with van der Waals surface area (Å²) in [5.41, 5.74) is 2.04. The predicted octanol–water partition coefficient (Wildman–Crippen LogP) is 2.59. The van der Waals surface area contributed by atoms with Gasteiger partial charge < -0.3 is 19.6 Å². The fraction of sp³-hybridized carbons (Fsp3) is 0.300. The van der Waals surface area contributed by atoms with E-state index < -0.39 is 0 Å². The zero-order chi connectivity index (χ0) is 18.8. The van der Waals surface area contributed by atoms with Gasteiger partial charge in [-0.25, -0.2) is 0 Å². The van der Waals surface area contributed by atoms with E-state index in [-0.39, 0.29) is 41.5 Å². The number of aryl methyl sites for hydroxylation is 1. The van der Waals surface area contributed by atoms with Gasteiger partial charge in [0, 0.05) is 18.3 Å². The van der Waals surface area contributed by atoms with Crippen LogP contribution in [0.2, 0.25) is 0 Å². The zero-order valence-electron chi connectivity index (χ0n) is 15.1. The average Bonchev–Trinajstić information content (AvgIpc) is 2.63. The maximum absolute atomic E-state index is 12.9. The Morgan fingerprint density at radius 2 is 1.96 bits per heavy atom. The highest BCUT2D eigenvalue weighted by Gasteiger charge is 2.34. The van der Waals surface area contributed by atoms with E-state index in [1.807, 2.05) is 38.1 Å². The van der Waals surface area contributed by atoms with Gasteiger partial charge in [0.1, 0.15) is 6.54 Å². The first-order chi connectivity index (χ1) is 12.4. The molecule has 0 saturated carbocycles. The summed E-state index contributed by atoms with van der Waals surface area (Å²) in [6.07, 6.45) is 0. The molecular weight excluding hydrogens is 332 g/mol. The summed E-state index contributed by atoms with van der Waals surface area (Å²) < 4.78 is 5.06. The van der Waals surface area contributed by atoms with Crippen LogP contribution in [0.1, 0.15) is 22.8 Å². The maximum atomic E-state index is 12.9. The van der Waals surface area contributed by atoms with Crippen molar-refractivity contribution in [3.8, 4) is 11.5 Å². The van der Waals surface area contributed by atoms with Gasteiger partial charge in [-0.3, -0.25) is 9.59 Å². The van der Waals surface area contributed by atoms with E-state index in [0.29, 0.717) is 6.54 Å². The van der Waals surface area contributed by atoms with Crippen molar-refractivity contribution in [2.75, 3.05) is 25.1 Å². The van der Waals surface area contributed by atoms with Crippen molar-refractivity contribution in [1.29, 1.82) is 0 Å². The van der Waals surface area contributed by atoms with Crippen LogP contribution in [0, 0.1) is 6.92 Å². The minimum absolute atomic E-state index is 0.0371. The molecule has 0 spiro atoms.